The van der Waals surface area contributed by atoms with Gasteiger partial charge in [0.25, 0.3) is 5.91 Å². The molecule has 5 nitrogen and oxygen atoms in total. The van der Waals surface area contributed by atoms with E-state index in [1.165, 1.54) is 0 Å². The van der Waals surface area contributed by atoms with E-state index < -0.39 is 12.1 Å². The first-order valence-electron chi connectivity index (χ1n) is 7.15. The van der Waals surface area contributed by atoms with Gasteiger partial charge >= 0.3 is 0 Å². The third-order valence-corrected chi connectivity index (χ3v) is 3.89. The lowest BCUT2D eigenvalue weighted by Gasteiger charge is -2.39. The van der Waals surface area contributed by atoms with E-state index >= 15 is 0 Å². The average molecular weight is 290 g/mol. The summed E-state index contributed by atoms with van der Waals surface area (Å²) < 4.78 is 5.24. The molecule has 2 atom stereocenters. The number of hydrogen-bond acceptors (Lipinski definition) is 3. The van der Waals surface area contributed by atoms with Crippen molar-refractivity contribution in [3.8, 4) is 5.75 Å². The van der Waals surface area contributed by atoms with Crippen LogP contribution in [0, 0.1) is 12.8 Å². The fourth-order valence-corrected chi connectivity index (χ4v) is 2.61. The van der Waals surface area contributed by atoms with Crippen LogP contribution < -0.4 is 15.0 Å². The van der Waals surface area contributed by atoms with Crippen LogP contribution in [-0.4, -0.2) is 31.0 Å². The maximum Gasteiger partial charge on any atom is 0.250 e. The van der Waals surface area contributed by atoms with Crippen molar-refractivity contribution in [3.63, 3.8) is 0 Å². The molecule has 1 aromatic rings. The number of benzene rings is 1. The molecule has 0 aromatic heterocycles. The molecule has 1 aliphatic heterocycles. The molecule has 1 fully saturated rings. The summed E-state index contributed by atoms with van der Waals surface area (Å²) in [6.45, 7) is 7.51. The number of hydrogen-bond donors (Lipinski definition) is 1. The number of anilines is 1. The second-order valence-electron chi connectivity index (χ2n) is 5.77. The van der Waals surface area contributed by atoms with Crippen molar-refractivity contribution >= 4 is 17.5 Å². The van der Waals surface area contributed by atoms with Gasteiger partial charge in [0.05, 0.1) is 7.11 Å². The summed E-state index contributed by atoms with van der Waals surface area (Å²) in [5.41, 5.74) is 1.66. The number of carbonyl (C=O) groups excluding carboxylic acids is 2. The van der Waals surface area contributed by atoms with Crippen molar-refractivity contribution in [2.24, 2.45) is 5.92 Å². The van der Waals surface area contributed by atoms with Crippen LogP contribution in [0.2, 0.25) is 0 Å². The lowest BCUT2D eigenvalue weighted by atomic mass is 9.97. The highest BCUT2D eigenvalue weighted by atomic mass is 16.5. The Kier molecular flexibility index (Phi) is 4.21. The number of amides is 2. The summed E-state index contributed by atoms with van der Waals surface area (Å²) in [6.07, 6.45) is 0. The third-order valence-electron chi connectivity index (χ3n) is 3.89. The molecule has 1 N–H and O–H groups in total. The summed E-state index contributed by atoms with van der Waals surface area (Å²) >= 11 is 0. The number of ether oxygens (including phenoxy) is 1. The summed E-state index contributed by atoms with van der Waals surface area (Å²) in [6, 6.07) is 4.53. The zero-order valence-corrected chi connectivity index (χ0v) is 13.1. The number of carbonyl (C=O) groups is 2. The molecular weight excluding hydrogens is 268 g/mol. The molecular formula is C16H22N2O3. The molecule has 114 valence electrons. The molecule has 0 bridgehead atoms. The molecule has 21 heavy (non-hydrogen) atoms. The Balaban J connectivity index is 2.41. The van der Waals surface area contributed by atoms with E-state index in [0.29, 0.717) is 0 Å². The predicted octanol–water partition coefficient (Wildman–Crippen LogP) is 1.88. The van der Waals surface area contributed by atoms with Crippen LogP contribution in [-0.2, 0) is 9.59 Å². The fourth-order valence-electron chi connectivity index (χ4n) is 2.61. The van der Waals surface area contributed by atoms with Gasteiger partial charge in [-0.25, -0.2) is 0 Å². The molecule has 0 spiro atoms. The van der Waals surface area contributed by atoms with Crippen LogP contribution in [0.25, 0.3) is 0 Å². The molecule has 0 saturated carbocycles. The second-order valence-corrected chi connectivity index (χ2v) is 5.77. The number of nitrogens with zero attached hydrogens (tertiary/aromatic N) is 1. The van der Waals surface area contributed by atoms with Gasteiger partial charge in [-0.15, -0.1) is 0 Å². The van der Waals surface area contributed by atoms with Gasteiger partial charge in [0, 0.05) is 5.69 Å². The first-order valence-corrected chi connectivity index (χ1v) is 7.15. The molecule has 0 radical (unpaired) electrons. The van der Waals surface area contributed by atoms with Crippen molar-refractivity contribution in [3.05, 3.63) is 23.8 Å². The Morgan fingerprint density at radius 2 is 1.95 bits per heavy atom. The SMILES string of the molecule is COc1ccc(N2C(=O)C(C(C)C)NC(=O)C2C)cc1C. The highest BCUT2D eigenvalue weighted by Gasteiger charge is 2.40. The average Bonchev–Trinajstić information content (AvgIpc) is 2.43. The minimum Gasteiger partial charge on any atom is -0.496 e. The standard InChI is InChI=1S/C16H22N2O3/c1-9(2)14-16(20)18(11(4)15(19)17-14)12-6-7-13(21-5)10(3)8-12/h6-9,11,14H,1-5H3,(H,17,19). The van der Waals surface area contributed by atoms with Crippen LogP contribution >= 0.6 is 0 Å². The van der Waals surface area contributed by atoms with Gasteiger partial charge < -0.3 is 10.1 Å². The predicted molar refractivity (Wildman–Crippen MR) is 81.4 cm³/mol. The molecule has 1 aromatic carbocycles. The molecule has 1 saturated heterocycles. The Hall–Kier alpha value is -2.04. The molecule has 2 rings (SSSR count). The van der Waals surface area contributed by atoms with Gasteiger partial charge in [-0.05, 0) is 43.5 Å². The quantitative estimate of drug-likeness (QED) is 0.924. The minimum absolute atomic E-state index is 0.0517. The van der Waals surface area contributed by atoms with Crippen LogP contribution in [0.3, 0.4) is 0 Å². The van der Waals surface area contributed by atoms with E-state index in [4.69, 9.17) is 4.74 Å². The van der Waals surface area contributed by atoms with Crippen LogP contribution in [0.4, 0.5) is 5.69 Å². The lowest BCUT2D eigenvalue weighted by Crippen LogP contribution is -2.64. The fraction of sp³-hybridized carbons (Fsp3) is 0.500. The Morgan fingerprint density at radius 1 is 1.29 bits per heavy atom. The minimum atomic E-state index is -0.514. The van der Waals surface area contributed by atoms with E-state index in [0.717, 1.165) is 17.0 Å². The second kappa shape index (κ2) is 5.76. The molecule has 2 amide bonds. The van der Waals surface area contributed by atoms with Gasteiger partial charge in [-0.3, -0.25) is 14.5 Å². The van der Waals surface area contributed by atoms with Crippen molar-refractivity contribution in [1.29, 1.82) is 0 Å². The third kappa shape index (κ3) is 2.73. The highest BCUT2D eigenvalue weighted by Crippen LogP contribution is 2.28. The van der Waals surface area contributed by atoms with Gasteiger partial charge in [-0.2, -0.15) is 0 Å². The Morgan fingerprint density at radius 3 is 2.48 bits per heavy atom. The van der Waals surface area contributed by atoms with Crippen molar-refractivity contribution in [2.45, 2.75) is 39.8 Å². The van der Waals surface area contributed by atoms with Gasteiger partial charge in [0.1, 0.15) is 17.8 Å². The summed E-state index contributed by atoms with van der Waals surface area (Å²) in [7, 11) is 1.61. The summed E-state index contributed by atoms with van der Waals surface area (Å²) in [4.78, 5) is 26.4. The maximum atomic E-state index is 12.7. The molecule has 1 heterocycles. The number of rotatable bonds is 3. The number of nitrogens with one attached hydrogen (secondary N) is 1. The van der Waals surface area contributed by atoms with Crippen molar-refractivity contribution in [1.82, 2.24) is 5.32 Å². The van der Waals surface area contributed by atoms with E-state index in [2.05, 4.69) is 5.32 Å². The zero-order valence-electron chi connectivity index (χ0n) is 13.1. The number of methoxy groups -OCH3 is 1. The topological polar surface area (TPSA) is 58.6 Å². The van der Waals surface area contributed by atoms with Crippen molar-refractivity contribution < 1.29 is 14.3 Å². The largest absolute Gasteiger partial charge is 0.496 e. The Bertz CT molecular complexity index is 569. The first kappa shape index (κ1) is 15.4. The molecule has 0 aliphatic carbocycles. The molecule has 5 heteroatoms. The summed E-state index contributed by atoms with van der Waals surface area (Å²) in [5, 5.41) is 2.80. The molecule has 2 unspecified atom stereocenters. The van der Waals surface area contributed by atoms with Crippen LogP contribution in [0.5, 0.6) is 5.75 Å². The normalized spacial score (nSPS) is 22.5. The van der Waals surface area contributed by atoms with E-state index in [-0.39, 0.29) is 17.7 Å². The zero-order chi connectivity index (χ0) is 15.7. The highest BCUT2D eigenvalue weighted by molar-refractivity contribution is 6.08. The van der Waals surface area contributed by atoms with E-state index in [1.54, 1.807) is 18.9 Å². The first-order chi connectivity index (χ1) is 9.86. The monoisotopic (exact) mass is 290 g/mol. The Labute approximate surface area is 125 Å². The van der Waals surface area contributed by atoms with Gasteiger partial charge in [0.2, 0.25) is 5.91 Å². The molecule has 1 aliphatic rings. The van der Waals surface area contributed by atoms with Crippen molar-refractivity contribution in [2.75, 3.05) is 12.0 Å². The van der Waals surface area contributed by atoms with Gasteiger partial charge in [0.15, 0.2) is 0 Å². The van der Waals surface area contributed by atoms with Crippen LogP contribution in [0.1, 0.15) is 26.3 Å². The van der Waals surface area contributed by atoms with E-state index in [1.807, 2.05) is 39.0 Å². The number of piperazine rings is 1. The smallest absolute Gasteiger partial charge is 0.250 e. The van der Waals surface area contributed by atoms with Crippen LogP contribution in [0.15, 0.2) is 18.2 Å². The lowest BCUT2D eigenvalue weighted by molar-refractivity contribution is -0.134. The summed E-state index contributed by atoms with van der Waals surface area (Å²) in [5.74, 6) is 0.625. The number of aryl methyl sites for hydroxylation is 1. The maximum absolute atomic E-state index is 12.7. The van der Waals surface area contributed by atoms with Gasteiger partial charge in [-0.1, -0.05) is 13.8 Å². The van der Waals surface area contributed by atoms with E-state index in [9.17, 15) is 9.59 Å².